The molecule has 0 aromatic rings. The van der Waals surface area contributed by atoms with Crippen molar-refractivity contribution in [3.63, 3.8) is 0 Å². The largest absolute Gasteiger partial charge is 0.469 e. The van der Waals surface area contributed by atoms with E-state index in [1.807, 2.05) is 0 Å². The Kier molecular flexibility index (Phi) is 3.17. The van der Waals surface area contributed by atoms with E-state index in [4.69, 9.17) is 0 Å². The molecule has 0 N–H and O–H groups in total. The summed E-state index contributed by atoms with van der Waals surface area (Å²) in [5.41, 5.74) is 0. The maximum Gasteiger partial charge on any atom is 0.309 e. The highest BCUT2D eigenvalue weighted by molar-refractivity contribution is 5.78. The van der Waals surface area contributed by atoms with E-state index < -0.39 is 5.92 Å². The van der Waals surface area contributed by atoms with E-state index in [0.29, 0.717) is 12.8 Å². The number of aldehydes is 2. The van der Waals surface area contributed by atoms with Gasteiger partial charge >= 0.3 is 5.97 Å². The number of hydrogen-bond acceptors (Lipinski definition) is 4. The second-order valence-electron chi connectivity index (χ2n) is 3.30. The van der Waals surface area contributed by atoms with E-state index >= 15 is 0 Å². The molecule has 0 spiro atoms. The third-order valence-corrected chi connectivity index (χ3v) is 2.52. The third-order valence-electron chi connectivity index (χ3n) is 2.52. The third kappa shape index (κ3) is 1.94. The van der Waals surface area contributed by atoms with Gasteiger partial charge in [0.15, 0.2) is 0 Å². The zero-order valence-electron chi connectivity index (χ0n) is 7.43. The summed E-state index contributed by atoms with van der Waals surface area (Å²) in [6, 6.07) is 0. The van der Waals surface area contributed by atoms with Crippen molar-refractivity contribution < 1.29 is 19.1 Å². The van der Waals surface area contributed by atoms with E-state index in [0.717, 1.165) is 12.6 Å². The van der Waals surface area contributed by atoms with Gasteiger partial charge in [0, 0.05) is 11.8 Å². The van der Waals surface area contributed by atoms with Gasteiger partial charge in [0.25, 0.3) is 0 Å². The SMILES string of the molecule is COC(=O)C1CC(C=O)CC1C=O. The minimum atomic E-state index is -0.419. The molecule has 4 nitrogen and oxygen atoms in total. The average Bonchev–Trinajstić information content (AvgIpc) is 2.59. The fourth-order valence-corrected chi connectivity index (χ4v) is 1.79. The van der Waals surface area contributed by atoms with Crippen LogP contribution in [0.15, 0.2) is 0 Å². The molecule has 0 bridgehead atoms. The lowest BCUT2D eigenvalue weighted by Crippen LogP contribution is -2.21. The highest BCUT2D eigenvalue weighted by Gasteiger charge is 2.39. The molecule has 3 unspecified atom stereocenters. The summed E-state index contributed by atoms with van der Waals surface area (Å²) in [5.74, 6) is -1.32. The van der Waals surface area contributed by atoms with Crippen molar-refractivity contribution in [2.75, 3.05) is 7.11 Å². The molecule has 1 fully saturated rings. The van der Waals surface area contributed by atoms with Gasteiger partial charge in [-0.2, -0.15) is 0 Å². The monoisotopic (exact) mass is 184 g/mol. The van der Waals surface area contributed by atoms with Crippen molar-refractivity contribution >= 4 is 18.5 Å². The second-order valence-corrected chi connectivity index (χ2v) is 3.30. The number of ether oxygens (including phenoxy) is 1. The summed E-state index contributed by atoms with van der Waals surface area (Å²) >= 11 is 0. The van der Waals surface area contributed by atoms with Crippen molar-refractivity contribution in [2.24, 2.45) is 17.8 Å². The molecule has 0 aliphatic heterocycles. The fraction of sp³-hybridized carbons (Fsp3) is 0.667. The lowest BCUT2D eigenvalue weighted by molar-refractivity contribution is -0.147. The van der Waals surface area contributed by atoms with Crippen LogP contribution in [0.1, 0.15) is 12.8 Å². The van der Waals surface area contributed by atoms with Gasteiger partial charge in [0.05, 0.1) is 13.0 Å². The lowest BCUT2D eigenvalue weighted by Gasteiger charge is -2.09. The van der Waals surface area contributed by atoms with Crippen LogP contribution in [0.5, 0.6) is 0 Å². The summed E-state index contributed by atoms with van der Waals surface area (Å²) in [4.78, 5) is 32.2. The highest BCUT2D eigenvalue weighted by Crippen LogP contribution is 2.34. The molecule has 1 saturated carbocycles. The van der Waals surface area contributed by atoms with E-state index in [9.17, 15) is 14.4 Å². The van der Waals surface area contributed by atoms with Gasteiger partial charge in [-0.1, -0.05) is 0 Å². The predicted molar refractivity (Wildman–Crippen MR) is 43.8 cm³/mol. The second kappa shape index (κ2) is 4.16. The Labute approximate surface area is 76.3 Å². The zero-order chi connectivity index (χ0) is 9.84. The van der Waals surface area contributed by atoms with E-state index in [2.05, 4.69) is 4.74 Å². The van der Waals surface area contributed by atoms with Crippen molar-refractivity contribution in [1.82, 2.24) is 0 Å². The number of hydrogen-bond donors (Lipinski definition) is 0. The van der Waals surface area contributed by atoms with Crippen LogP contribution in [0.4, 0.5) is 0 Å². The van der Waals surface area contributed by atoms with Gasteiger partial charge in [-0.15, -0.1) is 0 Å². The van der Waals surface area contributed by atoms with Gasteiger partial charge in [-0.25, -0.2) is 0 Å². The van der Waals surface area contributed by atoms with Crippen LogP contribution in [0.2, 0.25) is 0 Å². The van der Waals surface area contributed by atoms with Gasteiger partial charge in [-0.3, -0.25) is 4.79 Å². The first-order valence-electron chi connectivity index (χ1n) is 4.21. The molecule has 1 aliphatic carbocycles. The van der Waals surface area contributed by atoms with Crippen LogP contribution >= 0.6 is 0 Å². The maximum absolute atomic E-state index is 11.1. The first kappa shape index (κ1) is 9.89. The summed E-state index contributed by atoms with van der Waals surface area (Å²) in [6.07, 6.45) is 2.47. The topological polar surface area (TPSA) is 60.4 Å². The van der Waals surface area contributed by atoms with Crippen LogP contribution in [-0.2, 0) is 19.1 Å². The fourth-order valence-electron chi connectivity index (χ4n) is 1.79. The number of methoxy groups -OCH3 is 1. The molecule has 0 heterocycles. The smallest absolute Gasteiger partial charge is 0.309 e. The average molecular weight is 184 g/mol. The van der Waals surface area contributed by atoms with Crippen LogP contribution in [-0.4, -0.2) is 25.7 Å². The number of rotatable bonds is 3. The quantitative estimate of drug-likeness (QED) is 0.464. The Bertz CT molecular complexity index is 224. The molecule has 4 heteroatoms. The predicted octanol–water partition coefficient (Wildman–Crippen LogP) is 0.200. The van der Waals surface area contributed by atoms with Crippen molar-refractivity contribution in [2.45, 2.75) is 12.8 Å². The Morgan fingerprint density at radius 1 is 1.31 bits per heavy atom. The molecule has 1 aliphatic rings. The first-order chi connectivity index (χ1) is 6.22. The van der Waals surface area contributed by atoms with Crippen molar-refractivity contribution in [3.8, 4) is 0 Å². The van der Waals surface area contributed by atoms with Gasteiger partial charge in [0.1, 0.15) is 12.6 Å². The normalized spacial score (nSPS) is 32.5. The molecule has 13 heavy (non-hydrogen) atoms. The molecule has 3 atom stereocenters. The Morgan fingerprint density at radius 3 is 2.46 bits per heavy atom. The molecule has 0 aromatic carbocycles. The number of esters is 1. The van der Waals surface area contributed by atoms with Gasteiger partial charge in [0.2, 0.25) is 0 Å². The first-order valence-corrected chi connectivity index (χ1v) is 4.21. The van der Waals surface area contributed by atoms with Crippen LogP contribution < -0.4 is 0 Å². The van der Waals surface area contributed by atoms with E-state index in [1.165, 1.54) is 7.11 Å². The van der Waals surface area contributed by atoms with Crippen LogP contribution in [0.25, 0.3) is 0 Å². The minimum absolute atomic E-state index is 0.167. The Balaban J connectivity index is 2.67. The van der Waals surface area contributed by atoms with Gasteiger partial charge in [-0.05, 0) is 12.8 Å². The molecule has 0 aromatic heterocycles. The van der Waals surface area contributed by atoms with E-state index in [1.54, 1.807) is 0 Å². The zero-order valence-corrected chi connectivity index (χ0v) is 7.43. The molecule has 72 valence electrons. The van der Waals surface area contributed by atoms with Crippen LogP contribution in [0.3, 0.4) is 0 Å². The van der Waals surface area contributed by atoms with E-state index in [-0.39, 0.29) is 17.8 Å². The number of carbonyl (C=O) groups excluding carboxylic acids is 3. The summed E-state index contributed by atoms with van der Waals surface area (Å²) in [7, 11) is 1.29. The Hall–Kier alpha value is -1.19. The molecular weight excluding hydrogens is 172 g/mol. The maximum atomic E-state index is 11.1. The lowest BCUT2D eigenvalue weighted by atomic mass is 9.98. The molecule has 0 amide bonds. The summed E-state index contributed by atoms with van der Waals surface area (Å²) in [5, 5.41) is 0. The summed E-state index contributed by atoms with van der Waals surface area (Å²) in [6.45, 7) is 0. The molecule has 0 radical (unpaired) electrons. The molecule has 0 saturated heterocycles. The summed E-state index contributed by atoms with van der Waals surface area (Å²) < 4.78 is 4.55. The number of carbonyl (C=O) groups is 3. The van der Waals surface area contributed by atoms with Crippen molar-refractivity contribution in [3.05, 3.63) is 0 Å². The Morgan fingerprint density at radius 2 is 2.00 bits per heavy atom. The molecule has 1 rings (SSSR count). The standard InChI is InChI=1S/C9H12O4/c1-13-9(12)8-3-6(4-10)2-7(8)5-11/h4-8H,2-3H2,1H3. The minimum Gasteiger partial charge on any atom is -0.469 e. The van der Waals surface area contributed by atoms with Gasteiger partial charge < -0.3 is 14.3 Å². The molecular formula is C9H12O4. The van der Waals surface area contributed by atoms with Crippen LogP contribution in [0, 0.1) is 17.8 Å². The van der Waals surface area contributed by atoms with Crippen molar-refractivity contribution in [1.29, 1.82) is 0 Å². The highest BCUT2D eigenvalue weighted by atomic mass is 16.5.